The van der Waals surface area contributed by atoms with Crippen LogP contribution in [0.2, 0.25) is 0 Å². The fourth-order valence-corrected chi connectivity index (χ4v) is 6.18. The molecule has 2 aliphatic carbocycles. The summed E-state index contributed by atoms with van der Waals surface area (Å²) in [7, 11) is 0. The van der Waals surface area contributed by atoms with Crippen LogP contribution in [-0.2, 0) is 9.53 Å². The Balaban J connectivity index is 1.90. The van der Waals surface area contributed by atoms with E-state index in [0.717, 1.165) is 32.1 Å². The van der Waals surface area contributed by atoms with Crippen molar-refractivity contribution in [1.29, 1.82) is 0 Å². The molecule has 0 bridgehead atoms. The zero-order valence-corrected chi connectivity index (χ0v) is 21.4. The molecule has 6 heteroatoms. The summed E-state index contributed by atoms with van der Waals surface area (Å²) in [5, 5.41) is 10.2. The summed E-state index contributed by atoms with van der Waals surface area (Å²) in [6.45, 7) is 15.6. The molecule has 4 atom stereocenters. The van der Waals surface area contributed by atoms with Crippen LogP contribution in [0.15, 0.2) is 0 Å². The van der Waals surface area contributed by atoms with Gasteiger partial charge in [0, 0.05) is 13.1 Å². The molecule has 1 N–H and O–H groups in total. The standard InChI is InChI=1S/C26H46N2O4/c1-17(2)13-14-27(24(31)32-25(3,4)5)22(18-11-9-8-10-12-18)23(30)28-15-19-21(20(28)16-29)26(19,6)7/h17-22,29H,8-16H2,1-7H3/t19-,20+,21-,22-/m0/s1. The van der Waals surface area contributed by atoms with Gasteiger partial charge in [-0.1, -0.05) is 47.0 Å². The second-order valence-electron chi connectivity index (χ2n) is 12.4. The van der Waals surface area contributed by atoms with Crippen molar-refractivity contribution >= 4 is 12.0 Å². The number of aliphatic hydroxyl groups excluding tert-OH is 1. The molecule has 0 aromatic heterocycles. The number of ether oxygens (including phenoxy) is 1. The Morgan fingerprint density at radius 3 is 2.31 bits per heavy atom. The summed E-state index contributed by atoms with van der Waals surface area (Å²) in [6.07, 6.45) is 5.77. The first-order valence-corrected chi connectivity index (χ1v) is 12.8. The highest BCUT2D eigenvalue weighted by molar-refractivity contribution is 5.87. The lowest BCUT2D eigenvalue weighted by Gasteiger charge is -2.42. The topological polar surface area (TPSA) is 70.1 Å². The van der Waals surface area contributed by atoms with Gasteiger partial charge < -0.3 is 14.7 Å². The Kier molecular flexibility index (Phi) is 7.53. The highest BCUT2D eigenvalue weighted by Crippen LogP contribution is 2.64. The van der Waals surface area contributed by atoms with Crippen LogP contribution in [0.25, 0.3) is 0 Å². The molecule has 2 saturated carbocycles. The molecule has 0 spiro atoms. The number of piperidine rings is 1. The lowest BCUT2D eigenvalue weighted by atomic mass is 9.82. The molecular weight excluding hydrogens is 404 g/mol. The third-order valence-corrected chi connectivity index (χ3v) is 8.08. The normalized spacial score (nSPS) is 28.4. The van der Waals surface area contributed by atoms with Crippen LogP contribution in [0.4, 0.5) is 4.79 Å². The number of carbonyl (C=O) groups is 2. The van der Waals surface area contributed by atoms with Crippen LogP contribution in [0.5, 0.6) is 0 Å². The van der Waals surface area contributed by atoms with Gasteiger partial charge in [-0.2, -0.15) is 0 Å². The maximum Gasteiger partial charge on any atom is 0.410 e. The molecule has 0 aromatic rings. The van der Waals surface area contributed by atoms with Crippen molar-refractivity contribution < 1.29 is 19.4 Å². The minimum Gasteiger partial charge on any atom is -0.444 e. The van der Waals surface area contributed by atoms with Gasteiger partial charge in [-0.3, -0.25) is 9.69 Å². The molecule has 3 rings (SSSR count). The fourth-order valence-electron chi connectivity index (χ4n) is 6.18. The van der Waals surface area contributed by atoms with Crippen LogP contribution < -0.4 is 0 Å². The lowest BCUT2D eigenvalue weighted by Crippen LogP contribution is -2.58. The average molecular weight is 451 g/mol. The van der Waals surface area contributed by atoms with Gasteiger partial charge in [0.2, 0.25) is 5.91 Å². The number of rotatable bonds is 7. The molecule has 1 saturated heterocycles. The number of nitrogens with zero attached hydrogens (tertiary/aromatic N) is 2. The SMILES string of the molecule is CC(C)CCN(C(=O)OC(C)(C)C)[C@H](C(=O)N1C[C@H]2[C@@H]([C@H]1CO)C2(C)C)C1CCCCC1. The molecule has 1 heterocycles. The highest BCUT2D eigenvalue weighted by atomic mass is 16.6. The van der Waals surface area contributed by atoms with Gasteiger partial charge in [0.1, 0.15) is 11.6 Å². The molecule has 6 nitrogen and oxygen atoms in total. The second-order valence-corrected chi connectivity index (χ2v) is 12.4. The van der Waals surface area contributed by atoms with E-state index in [1.54, 1.807) is 4.90 Å². The molecule has 1 aliphatic heterocycles. The van der Waals surface area contributed by atoms with E-state index in [1.165, 1.54) is 6.42 Å². The Morgan fingerprint density at radius 2 is 1.78 bits per heavy atom. The van der Waals surface area contributed by atoms with Crippen molar-refractivity contribution in [3.05, 3.63) is 0 Å². The lowest BCUT2D eigenvalue weighted by molar-refractivity contribution is -0.142. The number of likely N-dealkylation sites (tertiary alicyclic amines) is 1. The molecule has 0 unspecified atom stereocenters. The maximum absolute atomic E-state index is 14.1. The Morgan fingerprint density at radius 1 is 1.16 bits per heavy atom. The monoisotopic (exact) mass is 450 g/mol. The fraction of sp³-hybridized carbons (Fsp3) is 0.923. The van der Waals surface area contributed by atoms with E-state index in [4.69, 9.17) is 4.74 Å². The predicted molar refractivity (Wildman–Crippen MR) is 126 cm³/mol. The summed E-state index contributed by atoms with van der Waals surface area (Å²) in [6, 6.07) is -0.641. The summed E-state index contributed by atoms with van der Waals surface area (Å²) < 4.78 is 5.80. The summed E-state index contributed by atoms with van der Waals surface area (Å²) in [4.78, 5) is 31.2. The van der Waals surface area contributed by atoms with E-state index in [9.17, 15) is 14.7 Å². The summed E-state index contributed by atoms with van der Waals surface area (Å²) in [5.74, 6) is 1.40. The van der Waals surface area contributed by atoms with Crippen molar-refractivity contribution in [2.75, 3.05) is 19.7 Å². The molecule has 3 aliphatic rings. The molecule has 0 radical (unpaired) electrons. The third kappa shape index (κ3) is 5.26. The van der Waals surface area contributed by atoms with Gasteiger partial charge >= 0.3 is 6.09 Å². The van der Waals surface area contributed by atoms with Gasteiger partial charge in [-0.05, 0) is 69.1 Å². The predicted octanol–water partition coefficient (Wildman–Crippen LogP) is 4.69. The van der Waals surface area contributed by atoms with Crippen LogP contribution in [-0.4, -0.2) is 64.3 Å². The van der Waals surface area contributed by atoms with E-state index >= 15 is 0 Å². The van der Waals surface area contributed by atoms with E-state index in [-0.39, 0.29) is 36.0 Å². The first kappa shape index (κ1) is 25.3. The van der Waals surface area contributed by atoms with E-state index in [0.29, 0.717) is 30.8 Å². The van der Waals surface area contributed by atoms with Gasteiger partial charge in [-0.25, -0.2) is 4.79 Å². The Labute approximate surface area is 195 Å². The molecular formula is C26H46N2O4. The number of hydrogen-bond donors (Lipinski definition) is 1. The number of fused-ring (bicyclic) bond motifs is 1. The minimum atomic E-state index is -0.611. The largest absolute Gasteiger partial charge is 0.444 e. The number of hydrogen-bond acceptors (Lipinski definition) is 4. The van der Waals surface area contributed by atoms with Crippen molar-refractivity contribution in [3.8, 4) is 0 Å². The molecule has 3 fully saturated rings. The first-order valence-electron chi connectivity index (χ1n) is 12.8. The number of aliphatic hydroxyl groups is 1. The third-order valence-electron chi connectivity index (χ3n) is 8.08. The van der Waals surface area contributed by atoms with Crippen molar-refractivity contribution in [2.24, 2.45) is 29.1 Å². The van der Waals surface area contributed by atoms with Crippen molar-refractivity contribution in [2.45, 2.75) is 105 Å². The number of amides is 2. The summed E-state index contributed by atoms with van der Waals surface area (Å²) >= 11 is 0. The van der Waals surface area contributed by atoms with Gasteiger partial charge in [-0.15, -0.1) is 0 Å². The van der Waals surface area contributed by atoms with Crippen LogP contribution in [0.1, 0.15) is 87.0 Å². The Bertz CT molecular complexity index is 678. The minimum absolute atomic E-state index is 0.00778. The van der Waals surface area contributed by atoms with Crippen LogP contribution >= 0.6 is 0 Å². The molecule has 2 amide bonds. The smallest absolute Gasteiger partial charge is 0.410 e. The van der Waals surface area contributed by atoms with Crippen molar-refractivity contribution in [3.63, 3.8) is 0 Å². The van der Waals surface area contributed by atoms with Crippen molar-refractivity contribution in [1.82, 2.24) is 9.80 Å². The average Bonchev–Trinajstić information content (AvgIpc) is 3.05. The second kappa shape index (κ2) is 9.52. The quantitative estimate of drug-likeness (QED) is 0.611. The molecule has 184 valence electrons. The molecule has 32 heavy (non-hydrogen) atoms. The van der Waals surface area contributed by atoms with Gasteiger partial charge in [0.15, 0.2) is 0 Å². The van der Waals surface area contributed by atoms with Gasteiger partial charge in [0.05, 0.1) is 12.6 Å². The zero-order chi connectivity index (χ0) is 23.8. The van der Waals surface area contributed by atoms with Gasteiger partial charge in [0.25, 0.3) is 0 Å². The first-order chi connectivity index (χ1) is 14.9. The number of carbonyl (C=O) groups excluding carboxylic acids is 2. The maximum atomic E-state index is 14.1. The van der Waals surface area contributed by atoms with E-state index < -0.39 is 11.6 Å². The summed E-state index contributed by atoms with van der Waals surface area (Å²) in [5.41, 5.74) is -0.423. The highest BCUT2D eigenvalue weighted by Gasteiger charge is 2.67. The van der Waals surface area contributed by atoms with E-state index in [2.05, 4.69) is 27.7 Å². The Hall–Kier alpha value is -1.30. The van der Waals surface area contributed by atoms with Crippen LogP contribution in [0.3, 0.4) is 0 Å². The van der Waals surface area contributed by atoms with Crippen LogP contribution in [0, 0.1) is 29.1 Å². The van der Waals surface area contributed by atoms with E-state index in [1.807, 2.05) is 25.7 Å². The zero-order valence-electron chi connectivity index (χ0n) is 21.4. The molecule has 0 aromatic carbocycles.